The van der Waals surface area contributed by atoms with Gasteiger partial charge in [0.25, 0.3) is 0 Å². The van der Waals surface area contributed by atoms with E-state index in [2.05, 4.69) is 0 Å². The van der Waals surface area contributed by atoms with Crippen LogP contribution in [-0.4, -0.2) is 24.6 Å². The number of ether oxygens (including phenoxy) is 2. The molecule has 0 aromatic rings. The zero-order valence-corrected chi connectivity index (χ0v) is 11.7. The van der Waals surface area contributed by atoms with Crippen LogP contribution >= 0.6 is 0 Å². The lowest BCUT2D eigenvalue weighted by atomic mass is 10.1. The molecule has 0 unspecified atom stereocenters. The first kappa shape index (κ1) is 15.7. The van der Waals surface area contributed by atoms with Crippen molar-refractivity contribution in [1.29, 1.82) is 0 Å². The number of carbonyl (C=O) groups is 2. The van der Waals surface area contributed by atoms with E-state index >= 15 is 0 Å². The van der Waals surface area contributed by atoms with Gasteiger partial charge in [0.05, 0.1) is 6.61 Å². The van der Waals surface area contributed by atoms with Crippen molar-refractivity contribution in [3.05, 3.63) is 12.2 Å². The van der Waals surface area contributed by atoms with Crippen LogP contribution < -0.4 is 0 Å². The number of hydrogen-bond acceptors (Lipinski definition) is 4. The molecule has 0 radical (unpaired) electrons. The maximum atomic E-state index is 11.5. The monoisotopic (exact) mass is 268 g/mol. The van der Waals surface area contributed by atoms with Crippen LogP contribution in [0.1, 0.15) is 58.3 Å². The van der Waals surface area contributed by atoms with E-state index < -0.39 is 11.9 Å². The Bertz CT molecular complexity index is 301. The Morgan fingerprint density at radius 2 is 1.68 bits per heavy atom. The number of esters is 2. The van der Waals surface area contributed by atoms with Crippen LogP contribution in [0.25, 0.3) is 0 Å². The van der Waals surface area contributed by atoms with Crippen LogP contribution in [0.5, 0.6) is 0 Å². The number of unbranched alkanes of at least 4 members (excludes halogenated alkanes) is 1. The first-order valence-corrected chi connectivity index (χ1v) is 7.28. The molecule has 1 saturated carbocycles. The molecule has 0 aromatic heterocycles. The summed E-state index contributed by atoms with van der Waals surface area (Å²) in [6.45, 7) is 2.42. The van der Waals surface area contributed by atoms with Gasteiger partial charge in [-0.1, -0.05) is 26.2 Å². The molecule has 0 saturated heterocycles. The number of rotatable bonds is 6. The van der Waals surface area contributed by atoms with Gasteiger partial charge in [-0.3, -0.25) is 0 Å². The first-order valence-electron chi connectivity index (χ1n) is 7.28. The number of carbonyl (C=O) groups excluding carboxylic acids is 2. The van der Waals surface area contributed by atoms with Gasteiger partial charge in [-0.2, -0.15) is 0 Å². The molecule has 4 heteroatoms. The minimum absolute atomic E-state index is 0.00996. The zero-order valence-electron chi connectivity index (χ0n) is 11.7. The average Bonchev–Trinajstić information content (AvgIpc) is 2.65. The topological polar surface area (TPSA) is 52.6 Å². The van der Waals surface area contributed by atoms with Crippen LogP contribution in [0.4, 0.5) is 0 Å². The lowest BCUT2D eigenvalue weighted by molar-refractivity contribution is -0.144. The summed E-state index contributed by atoms with van der Waals surface area (Å²) in [6, 6.07) is 0. The highest BCUT2D eigenvalue weighted by Crippen LogP contribution is 2.19. The van der Waals surface area contributed by atoms with Crippen molar-refractivity contribution in [3.63, 3.8) is 0 Å². The Kier molecular flexibility index (Phi) is 7.94. The average molecular weight is 268 g/mol. The van der Waals surface area contributed by atoms with E-state index in [0.29, 0.717) is 6.61 Å². The maximum Gasteiger partial charge on any atom is 0.331 e. The summed E-state index contributed by atoms with van der Waals surface area (Å²) in [5.74, 6) is -0.925. The molecule has 1 fully saturated rings. The first-order chi connectivity index (χ1) is 9.22. The lowest BCUT2D eigenvalue weighted by Gasteiger charge is -2.13. The second-order valence-electron chi connectivity index (χ2n) is 4.90. The summed E-state index contributed by atoms with van der Waals surface area (Å²) in [4.78, 5) is 22.8. The molecule has 0 bridgehead atoms. The Morgan fingerprint density at radius 3 is 2.32 bits per heavy atom. The Morgan fingerprint density at radius 1 is 1.05 bits per heavy atom. The molecule has 0 N–H and O–H groups in total. The van der Waals surface area contributed by atoms with Gasteiger partial charge in [-0.25, -0.2) is 9.59 Å². The predicted molar refractivity (Wildman–Crippen MR) is 72.6 cm³/mol. The highest BCUT2D eigenvalue weighted by molar-refractivity contribution is 5.91. The molecule has 108 valence electrons. The SMILES string of the molecule is CCCCOC(=O)/C=C/C(=O)OC1CCCCCC1. The largest absolute Gasteiger partial charge is 0.463 e. The molecule has 0 aromatic carbocycles. The van der Waals surface area contributed by atoms with Crippen molar-refractivity contribution in [3.8, 4) is 0 Å². The van der Waals surface area contributed by atoms with E-state index in [0.717, 1.165) is 44.6 Å². The minimum atomic E-state index is -0.480. The van der Waals surface area contributed by atoms with Crippen molar-refractivity contribution >= 4 is 11.9 Å². The van der Waals surface area contributed by atoms with Crippen molar-refractivity contribution in [2.75, 3.05) is 6.61 Å². The molecule has 19 heavy (non-hydrogen) atoms. The smallest absolute Gasteiger partial charge is 0.331 e. The zero-order chi connectivity index (χ0) is 13.9. The van der Waals surface area contributed by atoms with Crippen LogP contribution in [0.3, 0.4) is 0 Å². The fourth-order valence-corrected chi connectivity index (χ4v) is 2.06. The molecule has 1 rings (SSSR count). The Hall–Kier alpha value is -1.32. The molecule has 4 nitrogen and oxygen atoms in total. The third-order valence-electron chi connectivity index (χ3n) is 3.18. The molecular formula is C15H24O4. The number of hydrogen-bond donors (Lipinski definition) is 0. The summed E-state index contributed by atoms with van der Waals surface area (Å²) in [5, 5.41) is 0. The molecule has 0 heterocycles. The minimum Gasteiger partial charge on any atom is -0.463 e. The van der Waals surface area contributed by atoms with Crippen LogP contribution in [0.15, 0.2) is 12.2 Å². The van der Waals surface area contributed by atoms with E-state index in [9.17, 15) is 9.59 Å². The molecule has 1 aliphatic carbocycles. The fraction of sp³-hybridized carbons (Fsp3) is 0.733. The molecule has 0 atom stereocenters. The third kappa shape index (κ3) is 7.65. The van der Waals surface area contributed by atoms with Gasteiger partial charge < -0.3 is 9.47 Å². The summed E-state index contributed by atoms with van der Waals surface area (Å²) in [6.07, 6.45) is 10.7. The van der Waals surface area contributed by atoms with Gasteiger partial charge in [0.1, 0.15) is 6.10 Å². The molecule has 1 aliphatic rings. The molecular weight excluding hydrogens is 244 g/mol. The van der Waals surface area contributed by atoms with Crippen molar-refractivity contribution < 1.29 is 19.1 Å². The molecule has 0 amide bonds. The fourth-order valence-electron chi connectivity index (χ4n) is 2.06. The van der Waals surface area contributed by atoms with E-state index in [1.807, 2.05) is 6.92 Å². The van der Waals surface area contributed by atoms with Crippen molar-refractivity contribution in [1.82, 2.24) is 0 Å². The Balaban J connectivity index is 2.23. The normalized spacial score (nSPS) is 17.1. The maximum absolute atomic E-state index is 11.5. The van der Waals surface area contributed by atoms with Crippen LogP contribution in [0, 0.1) is 0 Å². The van der Waals surface area contributed by atoms with E-state index in [4.69, 9.17) is 9.47 Å². The van der Waals surface area contributed by atoms with Crippen LogP contribution in [-0.2, 0) is 19.1 Å². The molecule has 0 aliphatic heterocycles. The Labute approximate surface area is 115 Å². The van der Waals surface area contributed by atoms with Gasteiger partial charge in [0.15, 0.2) is 0 Å². The van der Waals surface area contributed by atoms with Crippen molar-refractivity contribution in [2.45, 2.75) is 64.4 Å². The summed E-state index contributed by atoms with van der Waals surface area (Å²) in [5.41, 5.74) is 0. The predicted octanol–water partition coefficient (Wildman–Crippen LogP) is 3.15. The van der Waals surface area contributed by atoms with Gasteiger partial charge >= 0.3 is 11.9 Å². The van der Waals surface area contributed by atoms with E-state index in [1.54, 1.807) is 0 Å². The summed E-state index contributed by atoms with van der Waals surface area (Å²) >= 11 is 0. The summed E-state index contributed by atoms with van der Waals surface area (Å²) in [7, 11) is 0. The highest BCUT2D eigenvalue weighted by Gasteiger charge is 2.15. The highest BCUT2D eigenvalue weighted by atomic mass is 16.5. The van der Waals surface area contributed by atoms with Crippen molar-refractivity contribution in [2.24, 2.45) is 0 Å². The lowest BCUT2D eigenvalue weighted by Crippen LogP contribution is -2.16. The van der Waals surface area contributed by atoms with Gasteiger partial charge in [0, 0.05) is 12.2 Å². The van der Waals surface area contributed by atoms with Gasteiger partial charge in [0.2, 0.25) is 0 Å². The van der Waals surface area contributed by atoms with Gasteiger partial charge in [-0.15, -0.1) is 0 Å². The van der Waals surface area contributed by atoms with Gasteiger partial charge in [-0.05, 0) is 32.1 Å². The second kappa shape index (κ2) is 9.59. The standard InChI is InChI=1S/C15H24O4/c1-2-3-12-18-14(16)10-11-15(17)19-13-8-6-4-5-7-9-13/h10-11,13H,2-9,12H2,1H3/b11-10+. The van der Waals surface area contributed by atoms with E-state index in [-0.39, 0.29) is 6.10 Å². The quantitative estimate of drug-likeness (QED) is 0.321. The second-order valence-corrected chi connectivity index (χ2v) is 4.90. The van der Waals surface area contributed by atoms with E-state index in [1.165, 1.54) is 18.9 Å². The summed E-state index contributed by atoms with van der Waals surface area (Å²) < 4.78 is 10.2. The molecule has 0 spiro atoms. The van der Waals surface area contributed by atoms with Crippen LogP contribution in [0.2, 0.25) is 0 Å². The third-order valence-corrected chi connectivity index (χ3v) is 3.18.